The van der Waals surface area contributed by atoms with Crippen molar-refractivity contribution in [2.75, 3.05) is 13.6 Å². The summed E-state index contributed by atoms with van der Waals surface area (Å²) >= 11 is 2.05. The van der Waals surface area contributed by atoms with E-state index in [0.29, 0.717) is 5.68 Å². The van der Waals surface area contributed by atoms with Crippen molar-refractivity contribution in [3.63, 3.8) is 0 Å². The van der Waals surface area contributed by atoms with Crippen LogP contribution in [0.2, 0.25) is 0 Å². The second-order valence-corrected chi connectivity index (χ2v) is 4.22. The van der Waals surface area contributed by atoms with Gasteiger partial charge in [-0.05, 0) is 32.9 Å². The van der Waals surface area contributed by atoms with Gasteiger partial charge >= 0.3 is 0 Å². The molecule has 14 heavy (non-hydrogen) atoms. The third-order valence-corrected chi connectivity index (χ3v) is 2.99. The summed E-state index contributed by atoms with van der Waals surface area (Å²) in [6.45, 7) is 3.20. The van der Waals surface area contributed by atoms with E-state index in [2.05, 4.69) is 12.2 Å². The smallest absolute Gasteiger partial charge is 0.287 e. The molecule has 0 fully saturated rings. The van der Waals surface area contributed by atoms with Crippen LogP contribution < -0.4 is 5.32 Å². The van der Waals surface area contributed by atoms with E-state index < -0.39 is 0 Å². The Hall–Kier alpha value is 0.425. The van der Waals surface area contributed by atoms with Gasteiger partial charge in [-0.25, -0.2) is 0 Å². The van der Waals surface area contributed by atoms with Crippen LogP contribution in [0.3, 0.4) is 0 Å². The molecular weight excluding hydrogens is 288 g/mol. The summed E-state index contributed by atoms with van der Waals surface area (Å²) in [7, 11) is 1.97. The Morgan fingerprint density at radius 2 is 2.14 bits per heavy atom. The molecule has 0 spiro atoms. The van der Waals surface area contributed by atoms with Crippen molar-refractivity contribution >= 4 is 33.2 Å². The van der Waals surface area contributed by atoms with E-state index in [0.717, 1.165) is 32.2 Å². The van der Waals surface area contributed by atoms with Crippen molar-refractivity contribution < 1.29 is 4.79 Å². The lowest BCUT2D eigenvalue weighted by Crippen LogP contribution is -2.18. The van der Waals surface area contributed by atoms with E-state index in [1.165, 1.54) is 6.42 Å². The van der Waals surface area contributed by atoms with Crippen LogP contribution in [0.5, 0.6) is 0 Å². The average molecular weight is 308 g/mol. The highest BCUT2D eigenvalue weighted by Crippen LogP contribution is 2.16. The molecule has 0 rings (SSSR count). The molecule has 0 amide bonds. The lowest BCUT2D eigenvalue weighted by molar-refractivity contribution is -0.115. The van der Waals surface area contributed by atoms with Crippen LogP contribution in [0.15, 0.2) is 0 Å². The number of nitrogens with one attached hydrogen (secondary N) is 1. The number of unbranched alkanes of at least 4 members (excludes halogenated alkanes) is 1. The molecule has 0 unspecified atom stereocenters. The second kappa shape index (κ2) is 9.96. The van der Waals surface area contributed by atoms with Gasteiger partial charge in [0.1, 0.15) is 5.68 Å². The van der Waals surface area contributed by atoms with Crippen LogP contribution in [0.4, 0.5) is 0 Å². The predicted molar refractivity (Wildman–Crippen MR) is 71.0 cm³/mol. The van der Waals surface area contributed by atoms with E-state index in [-0.39, 0.29) is 5.92 Å². The van der Waals surface area contributed by atoms with Crippen molar-refractivity contribution in [1.82, 2.24) is 5.32 Å². The highest BCUT2D eigenvalue weighted by Gasteiger charge is 2.15. The van der Waals surface area contributed by atoms with Crippen molar-refractivity contribution in [2.24, 2.45) is 5.92 Å². The van der Waals surface area contributed by atoms with Crippen molar-refractivity contribution in [2.45, 2.75) is 39.0 Å². The maximum atomic E-state index is 11.5. The maximum absolute atomic E-state index is 11.5. The number of carbonyl (C=O) groups excluding carboxylic acids is 1. The molecule has 0 aromatic heterocycles. The molecule has 0 aliphatic rings. The molecular formula is C10H20BINO. The zero-order valence-corrected chi connectivity index (χ0v) is 11.3. The Morgan fingerprint density at radius 1 is 1.43 bits per heavy atom. The molecule has 0 aliphatic carbocycles. The summed E-state index contributed by atoms with van der Waals surface area (Å²) in [5, 5.41) is 4.81. The zero-order chi connectivity index (χ0) is 10.8. The van der Waals surface area contributed by atoms with E-state index in [1.54, 1.807) is 5.14 Å². The van der Waals surface area contributed by atoms with Gasteiger partial charge in [-0.2, -0.15) is 0 Å². The quantitative estimate of drug-likeness (QED) is 0.402. The van der Waals surface area contributed by atoms with Gasteiger partial charge in [-0.1, -0.05) is 19.8 Å². The summed E-state index contributed by atoms with van der Waals surface area (Å²) in [4.78, 5) is 11.5. The molecule has 81 valence electrons. The Balaban J connectivity index is 3.67. The molecule has 1 atom stereocenters. The van der Waals surface area contributed by atoms with Crippen LogP contribution in [0, 0.1) is 5.92 Å². The molecule has 4 heteroatoms. The highest BCUT2D eigenvalue weighted by molar-refractivity contribution is 14.1. The molecule has 0 aromatic carbocycles. The summed E-state index contributed by atoms with van der Waals surface area (Å²) < 4.78 is 0. The van der Waals surface area contributed by atoms with Crippen LogP contribution in [0.1, 0.15) is 39.0 Å². The summed E-state index contributed by atoms with van der Waals surface area (Å²) in [5.41, 5.74) is 0.317. The fraction of sp³-hybridized carbons (Fsp3) is 0.900. The van der Waals surface area contributed by atoms with E-state index >= 15 is 0 Å². The molecule has 2 nitrogen and oxygen atoms in total. The summed E-state index contributed by atoms with van der Waals surface area (Å²) in [5.74, 6) is 0.272. The SMILES string of the molecule is CCC[C@@H](CCCCNC)C(=O)[B]I. The number of hydrogen-bond acceptors (Lipinski definition) is 2. The largest absolute Gasteiger partial charge is 0.320 e. The second-order valence-electron chi connectivity index (χ2n) is 3.60. The van der Waals surface area contributed by atoms with Gasteiger partial charge in [-0.15, -0.1) is 22.4 Å². The van der Waals surface area contributed by atoms with Gasteiger partial charge in [-0.3, -0.25) is 0 Å². The molecule has 0 bridgehead atoms. The maximum Gasteiger partial charge on any atom is 0.287 e. The van der Waals surface area contributed by atoms with E-state index in [4.69, 9.17) is 0 Å². The molecule has 1 N–H and O–H groups in total. The first kappa shape index (κ1) is 14.4. The number of carbonyl (C=O) groups is 1. The van der Waals surface area contributed by atoms with E-state index in [9.17, 15) is 4.79 Å². The van der Waals surface area contributed by atoms with Gasteiger partial charge in [0.15, 0.2) is 0 Å². The first-order chi connectivity index (χ1) is 6.76. The Morgan fingerprint density at radius 3 is 2.64 bits per heavy atom. The molecule has 0 saturated heterocycles. The third-order valence-electron chi connectivity index (χ3n) is 2.38. The fourth-order valence-corrected chi connectivity index (χ4v) is 2.07. The first-order valence-electron chi connectivity index (χ1n) is 5.38. The molecule has 0 saturated carbocycles. The molecule has 1 radical (unpaired) electrons. The Labute approximate surface area is 102 Å². The predicted octanol–water partition coefficient (Wildman–Crippen LogP) is 2.37. The highest BCUT2D eigenvalue weighted by atomic mass is 127. The van der Waals surface area contributed by atoms with Crippen molar-refractivity contribution in [3.05, 3.63) is 0 Å². The lowest BCUT2D eigenvalue weighted by Gasteiger charge is -2.13. The molecule has 0 heterocycles. The summed E-state index contributed by atoms with van der Waals surface area (Å²) in [6.07, 6.45) is 5.52. The van der Waals surface area contributed by atoms with Crippen LogP contribution in [-0.4, -0.2) is 24.4 Å². The number of hydrogen-bond donors (Lipinski definition) is 1. The molecule has 0 aliphatic heterocycles. The van der Waals surface area contributed by atoms with Crippen LogP contribution in [0.25, 0.3) is 0 Å². The average Bonchev–Trinajstić information content (AvgIpc) is 2.21. The Kier molecular flexibility index (Phi) is 10.3. The number of halogens is 1. The van der Waals surface area contributed by atoms with Crippen LogP contribution in [-0.2, 0) is 4.79 Å². The monoisotopic (exact) mass is 308 g/mol. The molecule has 0 aromatic rings. The number of rotatable bonds is 9. The minimum Gasteiger partial charge on any atom is -0.320 e. The van der Waals surface area contributed by atoms with E-state index in [1.807, 2.05) is 29.4 Å². The summed E-state index contributed by atoms with van der Waals surface area (Å²) in [6, 6.07) is 0. The zero-order valence-electron chi connectivity index (χ0n) is 9.18. The van der Waals surface area contributed by atoms with Gasteiger partial charge in [0.2, 0.25) is 0 Å². The first-order valence-corrected chi connectivity index (χ1v) is 6.62. The minimum absolute atomic E-state index is 0.272. The van der Waals surface area contributed by atoms with Gasteiger partial charge in [0, 0.05) is 5.92 Å². The minimum atomic E-state index is 0.272. The standard InChI is InChI=1S/C10H20BINO/c1-3-6-9(10(14)11-12)7-4-5-8-13-2/h9,13H,3-8H2,1-2H3/t9-/m0/s1. The van der Waals surface area contributed by atoms with Gasteiger partial charge < -0.3 is 10.1 Å². The van der Waals surface area contributed by atoms with Gasteiger partial charge in [0.05, 0.1) is 0 Å². The normalized spacial score (nSPS) is 12.5. The van der Waals surface area contributed by atoms with Crippen molar-refractivity contribution in [1.29, 1.82) is 0 Å². The van der Waals surface area contributed by atoms with Crippen LogP contribution >= 0.6 is 22.4 Å². The van der Waals surface area contributed by atoms with Gasteiger partial charge in [0.25, 0.3) is 5.14 Å². The topological polar surface area (TPSA) is 29.1 Å². The lowest BCUT2D eigenvalue weighted by atomic mass is 9.83. The third kappa shape index (κ3) is 6.82. The fourth-order valence-electron chi connectivity index (χ4n) is 1.56. The Bertz CT molecular complexity index is 155. The van der Waals surface area contributed by atoms with Crippen molar-refractivity contribution in [3.8, 4) is 0 Å².